The maximum atomic E-state index is 12.3. The van der Waals surface area contributed by atoms with Crippen LogP contribution >= 0.6 is 11.3 Å². The number of aliphatic hydroxyl groups is 1. The van der Waals surface area contributed by atoms with Crippen LogP contribution < -0.4 is 0 Å². The van der Waals surface area contributed by atoms with Crippen molar-refractivity contribution in [2.24, 2.45) is 0 Å². The van der Waals surface area contributed by atoms with Crippen LogP contribution in [-0.4, -0.2) is 44.5 Å². The van der Waals surface area contributed by atoms with E-state index in [0.717, 1.165) is 16.3 Å². The zero-order valence-electron chi connectivity index (χ0n) is 11.7. The van der Waals surface area contributed by atoms with E-state index in [2.05, 4.69) is 4.98 Å². The molecule has 0 fully saturated rings. The molecule has 5 nitrogen and oxygen atoms in total. The third kappa shape index (κ3) is 2.64. The van der Waals surface area contributed by atoms with Crippen molar-refractivity contribution in [3.05, 3.63) is 23.0 Å². The number of imidazole rings is 1. The molecule has 0 aliphatic carbocycles. The lowest BCUT2D eigenvalue weighted by atomic mass is 10.0. The van der Waals surface area contributed by atoms with E-state index in [0.29, 0.717) is 6.42 Å². The first-order chi connectivity index (χ1) is 8.85. The lowest BCUT2D eigenvalue weighted by Gasteiger charge is -2.33. The van der Waals surface area contributed by atoms with E-state index in [9.17, 15) is 9.90 Å². The number of amides is 1. The van der Waals surface area contributed by atoms with E-state index in [1.54, 1.807) is 11.9 Å². The van der Waals surface area contributed by atoms with Gasteiger partial charge in [0.05, 0.1) is 24.3 Å². The van der Waals surface area contributed by atoms with E-state index in [1.807, 2.05) is 36.7 Å². The number of aryl methyl sites for hydroxylation is 1. The van der Waals surface area contributed by atoms with Crippen LogP contribution in [0.15, 0.2) is 11.6 Å². The minimum absolute atomic E-state index is 0.00916. The number of hydrogen-bond donors (Lipinski definition) is 1. The highest BCUT2D eigenvalue weighted by atomic mass is 32.1. The lowest BCUT2D eigenvalue weighted by Crippen LogP contribution is -2.48. The highest BCUT2D eigenvalue weighted by Gasteiger charge is 2.27. The Labute approximate surface area is 116 Å². The van der Waals surface area contributed by atoms with E-state index in [4.69, 9.17) is 0 Å². The van der Waals surface area contributed by atoms with Crippen molar-refractivity contribution >= 4 is 22.2 Å². The zero-order valence-corrected chi connectivity index (χ0v) is 12.5. The minimum atomic E-state index is -0.545. The first-order valence-electron chi connectivity index (χ1n) is 6.15. The van der Waals surface area contributed by atoms with Crippen molar-refractivity contribution in [3.8, 4) is 0 Å². The molecule has 0 aliphatic heterocycles. The van der Waals surface area contributed by atoms with Crippen LogP contribution in [0.5, 0.6) is 0 Å². The van der Waals surface area contributed by atoms with Gasteiger partial charge in [0.1, 0.15) is 0 Å². The lowest BCUT2D eigenvalue weighted by molar-refractivity contribution is -0.135. The Kier molecular flexibility index (Phi) is 3.64. The van der Waals surface area contributed by atoms with Gasteiger partial charge in [0.15, 0.2) is 4.96 Å². The molecule has 1 N–H and O–H groups in total. The van der Waals surface area contributed by atoms with Gasteiger partial charge in [-0.15, -0.1) is 11.3 Å². The van der Waals surface area contributed by atoms with Crippen LogP contribution in [0.25, 0.3) is 4.96 Å². The summed E-state index contributed by atoms with van der Waals surface area (Å²) in [7, 11) is 1.72. The predicted molar refractivity (Wildman–Crippen MR) is 75.4 cm³/mol. The summed E-state index contributed by atoms with van der Waals surface area (Å²) in [5, 5.41) is 11.3. The number of aromatic nitrogens is 2. The fraction of sp³-hybridized carbons (Fsp3) is 0.538. The molecule has 0 saturated heterocycles. The number of carbonyl (C=O) groups is 1. The van der Waals surface area contributed by atoms with Gasteiger partial charge in [0.2, 0.25) is 5.91 Å². The van der Waals surface area contributed by atoms with Gasteiger partial charge in [-0.2, -0.15) is 0 Å². The van der Waals surface area contributed by atoms with Crippen LogP contribution in [0.2, 0.25) is 0 Å². The second-order valence-corrected chi connectivity index (χ2v) is 6.20. The first-order valence-corrected chi connectivity index (χ1v) is 7.02. The summed E-state index contributed by atoms with van der Waals surface area (Å²) in [4.78, 5) is 19.1. The number of hydrogen-bond acceptors (Lipinski definition) is 4. The molecule has 1 amide bonds. The topological polar surface area (TPSA) is 57.8 Å². The summed E-state index contributed by atoms with van der Waals surface area (Å²) < 4.78 is 1.96. The van der Waals surface area contributed by atoms with Crippen LogP contribution in [0.1, 0.15) is 25.2 Å². The van der Waals surface area contributed by atoms with Gasteiger partial charge in [-0.3, -0.25) is 9.20 Å². The number of carbonyl (C=O) groups excluding carboxylic acids is 1. The molecular formula is C13H19N3O2S. The zero-order chi connectivity index (χ0) is 14.2. The maximum Gasteiger partial charge on any atom is 0.228 e. The molecule has 0 aliphatic rings. The van der Waals surface area contributed by atoms with Crippen molar-refractivity contribution < 1.29 is 9.90 Å². The van der Waals surface area contributed by atoms with Crippen LogP contribution in [0.3, 0.4) is 0 Å². The molecule has 19 heavy (non-hydrogen) atoms. The Balaban J connectivity index is 2.19. The number of nitrogens with zero attached hydrogens (tertiary/aromatic N) is 3. The van der Waals surface area contributed by atoms with Crippen LogP contribution in [-0.2, 0) is 11.2 Å². The highest BCUT2D eigenvalue weighted by molar-refractivity contribution is 7.15. The quantitative estimate of drug-likeness (QED) is 0.923. The molecule has 0 radical (unpaired) electrons. The Morgan fingerprint density at radius 2 is 2.26 bits per heavy atom. The summed E-state index contributed by atoms with van der Waals surface area (Å²) in [5.74, 6) is -0.00916. The Morgan fingerprint density at radius 3 is 2.89 bits per heavy atom. The molecule has 104 valence electrons. The van der Waals surface area contributed by atoms with Gasteiger partial charge in [-0.05, 0) is 20.8 Å². The van der Waals surface area contributed by atoms with Crippen molar-refractivity contribution in [3.63, 3.8) is 0 Å². The van der Waals surface area contributed by atoms with Gasteiger partial charge >= 0.3 is 0 Å². The summed E-state index contributed by atoms with van der Waals surface area (Å²) >= 11 is 1.53. The molecular weight excluding hydrogens is 262 g/mol. The number of rotatable bonds is 4. The standard InChI is InChI=1S/C13H19N3O2S/c1-9-6-16-10(7-19-12(16)14-9)5-11(18)15(4)13(2,3)8-17/h6-7,17H,5,8H2,1-4H3. The van der Waals surface area contributed by atoms with Crippen molar-refractivity contribution in [2.75, 3.05) is 13.7 Å². The molecule has 0 saturated carbocycles. The van der Waals surface area contributed by atoms with E-state index in [-0.39, 0.29) is 12.5 Å². The predicted octanol–water partition coefficient (Wildman–Crippen LogP) is 1.48. The molecule has 0 spiro atoms. The summed E-state index contributed by atoms with van der Waals surface area (Å²) in [5.41, 5.74) is 1.34. The molecule has 0 unspecified atom stereocenters. The summed E-state index contributed by atoms with van der Waals surface area (Å²) in [6.07, 6.45) is 2.25. The van der Waals surface area contributed by atoms with Gasteiger partial charge in [-0.25, -0.2) is 4.98 Å². The van der Waals surface area contributed by atoms with Gasteiger partial charge < -0.3 is 10.0 Å². The summed E-state index contributed by atoms with van der Waals surface area (Å²) in [6.45, 7) is 5.57. The Morgan fingerprint density at radius 1 is 1.58 bits per heavy atom. The maximum absolute atomic E-state index is 12.3. The normalized spacial score (nSPS) is 12.1. The highest BCUT2D eigenvalue weighted by Crippen LogP contribution is 2.19. The first kappa shape index (κ1) is 14.0. The largest absolute Gasteiger partial charge is 0.394 e. The average molecular weight is 281 g/mol. The van der Waals surface area contributed by atoms with Crippen molar-refractivity contribution in [1.29, 1.82) is 0 Å². The second-order valence-electron chi connectivity index (χ2n) is 5.36. The van der Waals surface area contributed by atoms with Crippen molar-refractivity contribution in [1.82, 2.24) is 14.3 Å². The van der Waals surface area contributed by atoms with E-state index < -0.39 is 5.54 Å². The van der Waals surface area contributed by atoms with E-state index >= 15 is 0 Å². The van der Waals surface area contributed by atoms with Crippen LogP contribution in [0, 0.1) is 6.92 Å². The molecule has 2 aromatic rings. The van der Waals surface area contributed by atoms with Crippen molar-refractivity contribution in [2.45, 2.75) is 32.7 Å². The number of likely N-dealkylation sites (N-methyl/N-ethyl adjacent to an activating group) is 1. The third-order valence-corrected chi connectivity index (χ3v) is 4.29. The molecule has 0 bridgehead atoms. The average Bonchev–Trinajstić information content (AvgIpc) is 2.89. The Hall–Kier alpha value is -1.40. The molecule has 2 heterocycles. The number of thiazole rings is 1. The molecule has 6 heteroatoms. The second kappa shape index (κ2) is 4.94. The fourth-order valence-corrected chi connectivity index (χ4v) is 2.70. The third-order valence-electron chi connectivity index (χ3n) is 3.41. The monoisotopic (exact) mass is 281 g/mol. The van der Waals surface area contributed by atoms with Crippen LogP contribution in [0.4, 0.5) is 0 Å². The molecule has 0 aromatic carbocycles. The minimum Gasteiger partial charge on any atom is -0.394 e. The Bertz CT molecular complexity index is 600. The molecule has 2 rings (SSSR count). The van der Waals surface area contributed by atoms with Gasteiger partial charge in [0, 0.05) is 24.3 Å². The number of fused-ring (bicyclic) bond motifs is 1. The van der Waals surface area contributed by atoms with Gasteiger partial charge in [-0.1, -0.05) is 0 Å². The fourth-order valence-electron chi connectivity index (χ4n) is 1.79. The molecule has 2 aromatic heterocycles. The smallest absolute Gasteiger partial charge is 0.228 e. The summed E-state index contributed by atoms with van der Waals surface area (Å²) in [6, 6.07) is 0. The van der Waals surface area contributed by atoms with E-state index in [1.165, 1.54) is 11.3 Å². The SMILES string of the molecule is Cc1cn2c(CC(=O)N(C)C(C)(C)CO)csc2n1. The number of aliphatic hydroxyl groups excluding tert-OH is 1. The molecule has 0 atom stereocenters. The van der Waals surface area contributed by atoms with Gasteiger partial charge in [0.25, 0.3) is 0 Å².